The van der Waals surface area contributed by atoms with Gasteiger partial charge in [0.05, 0.1) is 6.54 Å². The lowest BCUT2D eigenvalue weighted by molar-refractivity contribution is 0.369. The maximum absolute atomic E-state index is 14.1. The maximum Gasteiger partial charge on any atom is 0.200 e. The fraction of sp³-hybridized carbons (Fsp3) is 0.0526. The van der Waals surface area contributed by atoms with Crippen molar-refractivity contribution in [3.05, 3.63) is 81.6 Å². The van der Waals surface area contributed by atoms with Gasteiger partial charge in [0.1, 0.15) is 0 Å². The average Bonchev–Trinajstić information content (AvgIpc) is 2.95. The monoisotopic (exact) mass is 425 g/mol. The van der Waals surface area contributed by atoms with Crippen LogP contribution in [0.25, 0.3) is 21.8 Å². The highest BCUT2D eigenvalue weighted by atomic mass is 79.9. The van der Waals surface area contributed by atoms with Crippen molar-refractivity contribution in [2.24, 2.45) is 0 Å². The fourth-order valence-electron chi connectivity index (χ4n) is 3.14. The van der Waals surface area contributed by atoms with Crippen molar-refractivity contribution in [3.63, 3.8) is 0 Å². The lowest BCUT2D eigenvalue weighted by Crippen LogP contribution is -2.11. The predicted octanol–water partition coefficient (Wildman–Crippen LogP) is 6.30. The molecule has 0 saturated heterocycles. The summed E-state index contributed by atoms with van der Waals surface area (Å²) in [6, 6.07) is 12.4. The van der Waals surface area contributed by atoms with Gasteiger partial charge in [0.2, 0.25) is 5.82 Å². The molecule has 1 nitrogen and oxygen atoms in total. The van der Waals surface area contributed by atoms with E-state index in [1.54, 1.807) is 24.3 Å². The normalized spacial score (nSPS) is 11.6. The van der Waals surface area contributed by atoms with Crippen LogP contribution in [-0.2, 0) is 6.54 Å². The van der Waals surface area contributed by atoms with Crippen LogP contribution in [0.4, 0.5) is 22.0 Å². The average molecular weight is 426 g/mol. The third-order valence-corrected chi connectivity index (χ3v) is 4.84. The van der Waals surface area contributed by atoms with Gasteiger partial charge >= 0.3 is 0 Å². The second-order valence-electron chi connectivity index (χ2n) is 5.81. The van der Waals surface area contributed by atoms with Crippen LogP contribution in [0.3, 0.4) is 0 Å². The molecule has 0 fully saturated rings. The van der Waals surface area contributed by atoms with Crippen molar-refractivity contribution in [2.45, 2.75) is 6.54 Å². The molecule has 0 atom stereocenters. The van der Waals surface area contributed by atoms with Gasteiger partial charge < -0.3 is 4.57 Å². The summed E-state index contributed by atoms with van der Waals surface area (Å²) in [4.78, 5) is 0. The van der Waals surface area contributed by atoms with E-state index < -0.39 is 41.2 Å². The Bertz CT molecular complexity index is 1150. The SMILES string of the molecule is Fc1c(F)c(F)c(Cn2c3ccccc3c3cc(Br)ccc32)c(F)c1F. The molecule has 0 aliphatic rings. The van der Waals surface area contributed by atoms with Crippen LogP contribution < -0.4 is 0 Å². The molecule has 0 bridgehead atoms. The number of para-hydroxylation sites is 1. The number of nitrogens with zero attached hydrogens (tertiary/aromatic N) is 1. The van der Waals surface area contributed by atoms with Crippen molar-refractivity contribution in [1.29, 1.82) is 0 Å². The molecule has 7 heteroatoms. The molecule has 0 saturated carbocycles. The van der Waals surface area contributed by atoms with Crippen LogP contribution in [0.15, 0.2) is 46.9 Å². The molecular formula is C19H9BrF5N. The first kappa shape index (κ1) is 17.0. The van der Waals surface area contributed by atoms with Crippen molar-refractivity contribution in [3.8, 4) is 0 Å². The second kappa shape index (κ2) is 6.09. The van der Waals surface area contributed by atoms with E-state index in [0.29, 0.717) is 11.0 Å². The van der Waals surface area contributed by atoms with Crippen LogP contribution in [0.5, 0.6) is 0 Å². The zero-order valence-corrected chi connectivity index (χ0v) is 14.5. The molecule has 0 aliphatic carbocycles. The molecule has 0 radical (unpaired) electrons. The fourth-order valence-corrected chi connectivity index (χ4v) is 3.50. The molecule has 0 N–H and O–H groups in total. The van der Waals surface area contributed by atoms with Gasteiger partial charge in [-0.05, 0) is 24.3 Å². The molecule has 132 valence electrons. The van der Waals surface area contributed by atoms with E-state index >= 15 is 0 Å². The Labute approximate surface area is 152 Å². The lowest BCUT2D eigenvalue weighted by Gasteiger charge is -2.11. The van der Waals surface area contributed by atoms with Gasteiger partial charge in [-0.25, -0.2) is 22.0 Å². The number of fused-ring (bicyclic) bond motifs is 3. The minimum atomic E-state index is -2.16. The molecule has 1 aromatic heterocycles. The quantitative estimate of drug-likeness (QED) is 0.201. The molecule has 4 rings (SSSR count). The Kier molecular flexibility index (Phi) is 3.99. The van der Waals surface area contributed by atoms with Crippen LogP contribution >= 0.6 is 15.9 Å². The van der Waals surface area contributed by atoms with Gasteiger partial charge in [0, 0.05) is 31.8 Å². The van der Waals surface area contributed by atoms with E-state index in [1.165, 1.54) is 4.57 Å². The number of aromatic nitrogens is 1. The Balaban J connectivity index is 2.02. The zero-order valence-electron chi connectivity index (χ0n) is 13.0. The van der Waals surface area contributed by atoms with Gasteiger partial charge in [-0.3, -0.25) is 0 Å². The third-order valence-electron chi connectivity index (χ3n) is 4.35. The molecule has 4 aromatic rings. The van der Waals surface area contributed by atoms with Gasteiger partial charge in [-0.1, -0.05) is 34.1 Å². The van der Waals surface area contributed by atoms with Crippen molar-refractivity contribution < 1.29 is 22.0 Å². The molecule has 26 heavy (non-hydrogen) atoms. The predicted molar refractivity (Wildman–Crippen MR) is 92.5 cm³/mol. The maximum atomic E-state index is 14.1. The van der Waals surface area contributed by atoms with Gasteiger partial charge in [-0.15, -0.1) is 0 Å². The minimum absolute atomic E-state index is 0.489. The number of benzene rings is 3. The highest BCUT2D eigenvalue weighted by Gasteiger charge is 2.26. The number of hydrogen-bond donors (Lipinski definition) is 0. The van der Waals surface area contributed by atoms with E-state index in [0.717, 1.165) is 15.2 Å². The number of rotatable bonds is 2. The third kappa shape index (κ3) is 2.41. The summed E-state index contributed by atoms with van der Waals surface area (Å²) in [5, 5.41) is 1.62. The highest BCUT2D eigenvalue weighted by Crippen LogP contribution is 2.33. The van der Waals surface area contributed by atoms with E-state index in [-0.39, 0.29) is 0 Å². The molecule has 0 aliphatic heterocycles. The van der Waals surface area contributed by atoms with Crippen molar-refractivity contribution in [2.75, 3.05) is 0 Å². The molecule has 0 spiro atoms. The summed E-state index contributed by atoms with van der Waals surface area (Å²) in [5.41, 5.74) is 0.384. The second-order valence-corrected chi connectivity index (χ2v) is 6.73. The van der Waals surface area contributed by atoms with Crippen molar-refractivity contribution >= 4 is 37.7 Å². The topological polar surface area (TPSA) is 4.93 Å². The van der Waals surface area contributed by atoms with Crippen LogP contribution in [0, 0.1) is 29.1 Å². The standard InChI is InChI=1S/C19H9BrF5N/c20-9-5-6-14-11(7-9)10-3-1-2-4-13(10)26(14)8-12-15(21)17(23)19(25)18(24)16(12)22/h1-7H,8H2. The smallest absolute Gasteiger partial charge is 0.200 e. The van der Waals surface area contributed by atoms with Crippen LogP contribution in [-0.4, -0.2) is 4.57 Å². The van der Waals surface area contributed by atoms with E-state index in [2.05, 4.69) is 15.9 Å². The Morgan fingerprint density at radius 1 is 0.692 bits per heavy atom. The lowest BCUT2D eigenvalue weighted by atomic mass is 10.1. The van der Waals surface area contributed by atoms with Gasteiger partial charge in [0.25, 0.3) is 0 Å². The zero-order chi connectivity index (χ0) is 18.6. The van der Waals surface area contributed by atoms with E-state index in [9.17, 15) is 22.0 Å². The molecule has 0 amide bonds. The van der Waals surface area contributed by atoms with E-state index in [1.807, 2.05) is 18.2 Å². The molecular weight excluding hydrogens is 417 g/mol. The summed E-state index contributed by atoms with van der Waals surface area (Å²) in [6.45, 7) is -0.489. The summed E-state index contributed by atoms with van der Waals surface area (Å²) in [7, 11) is 0. The number of halogens is 6. The largest absolute Gasteiger partial charge is 0.336 e. The summed E-state index contributed by atoms with van der Waals surface area (Å²) in [5.74, 6) is -9.67. The minimum Gasteiger partial charge on any atom is -0.336 e. The summed E-state index contributed by atoms with van der Waals surface area (Å²) >= 11 is 3.37. The first-order chi connectivity index (χ1) is 12.4. The Hall–Kier alpha value is -2.41. The van der Waals surface area contributed by atoms with Crippen LogP contribution in [0.2, 0.25) is 0 Å². The summed E-state index contributed by atoms with van der Waals surface area (Å²) < 4.78 is 70.9. The number of hydrogen-bond acceptors (Lipinski definition) is 0. The Morgan fingerprint density at radius 2 is 1.27 bits per heavy atom. The van der Waals surface area contributed by atoms with Gasteiger partial charge in [0.15, 0.2) is 23.3 Å². The molecule has 1 heterocycles. The van der Waals surface area contributed by atoms with Crippen LogP contribution in [0.1, 0.15) is 5.56 Å². The van der Waals surface area contributed by atoms with E-state index in [4.69, 9.17) is 0 Å². The first-order valence-corrected chi connectivity index (χ1v) is 8.36. The van der Waals surface area contributed by atoms with Gasteiger partial charge in [-0.2, -0.15) is 0 Å². The van der Waals surface area contributed by atoms with Crippen molar-refractivity contribution in [1.82, 2.24) is 4.57 Å². The Morgan fingerprint density at radius 3 is 1.96 bits per heavy atom. The summed E-state index contributed by atoms with van der Waals surface area (Å²) in [6.07, 6.45) is 0. The molecule has 0 unspecified atom stereocenters. The highest BCUT2D eigenvalue weighted by molar-refractivity contribution is 9.10. The molecule has 3 aromatic carbocycles. The first-order valence-electron chi connectivity index (χ1n) is 7.57.